The predicted octanol–water partition coefficient (Wildman–Crippen LogP) is 3.75. The second-order valence-corrected chi connectivity index (χ2v) is 8.22. The van der Waals surface area contributed by atoms with Crippen LogP contribution in [0.2, 0.25) is 0 Å². The molecule has 0 aliphatic carbocycles. The Bertz CT molecular complexity index is 1190. The van der Waals surface area contributed by atoms with Crippen LogP contribution < -0.4 is 10.1 Å². The second-order valence-electron chi connectivity index (χ2n) is 8.22. The molecule has 1 aromatic heterocycles. The first-order valence-electron chi connectivity index (χ1n) is 10.5. The van der Waals surface area contributed by atoms with E-state index in [1.165, 1.54) is 18.2 Å². The van der Waals surface area contributed by atoms with E-state index in [2.05, 4.69) is 15.2 Å². The van der Waals surface area contributed by atoms with E-state index in [0.717, 1.165) is 17.0 Å². The molecule has 1 aliphatic rings. The van der Waals surface area contributed by atoms with Crippen LogP contribution >= 0.6 is 0 Å². The molecule has 0 bridgehead atoms. The van der Waals surface area contributed by atoms with Crippen molar-refractivity contribution in [3.63, 3.8) is 0 Å². The Kier molecular flexibility index (Phi) is 6.01. The van der Waals surface area contributed by atoms with Crippen molar-refractivity contribution in [2.45, 2.75) is 25.7 Å². The summed E-state index contributed by atoms with van der Waals surface area (Å²) in [6, 6.07) is 10.3. The van der Waals surface area contributed by atoms with E-state index in [4.69, 9.17) is 0 Å². The van der Waals surface area contributed by atoms with Crippen LogP contribution in [-0.4, -0.2) is 52.0 Å². The van der Waals surface area contributed by atoms with Crippen LogP contribution in [0.15, 0.2) is 48.7 Å². The van der Waals surface area contributed by atoms with Gasteiger partial charge in [-0.05, 0) is 36.6 Å². The van der Waals surface area contributed by atoms with Crippen LogP contribution in [0.25, 0.3) is 10.9 Å². The van der Waals surface area contributed by atoms with Crippen LogP contribution in [0.5, 0.6) is 5.75 Å². The van der Waals surface area contributed by atoms with Gasteiger partial charge in [-0.25, -0.2) is 0 Å². The lowest BCUT2D eigenvalue weighted by Crippen LogP contribution is -2.51. The summed E-state index contributed by atoms with van der Waals surface area (Å²) in [4.78, 5) is 27.4. The normalized spacial score (nSPS) is 18.9. The molecule has 3 aromatic rings. The Hall–Kier alpha value is -3.56. The first-order valence-corrected chi connectivity index (χ1v) is 10.5. The molecule has 2 heterocycles. The molecule has 2 amide bonds. The van der Waals surface area contributed by atoms with Crippen LogP contribution in [0.4, 0.5) is 13.2 Å². The number of benzene rings is 2. The van der Waals surface area contributed by atoms with Crippen molar-refractivity contribution in [1.82, 2.24) is 20.0 Å². The number of fused-ring (bicyclic) bond motifs is 1. The Morgan fingerprint density at radius 2 is 1.94 bits per heavy atom. The fourth-order valence-corrected chi connectivity index (χ4v) is 4.11. The third-order valence-electron chi connectivity index (χ3n) is 5.74. The molecule has 2 aromatic carbocycles. The highest BCUT2D eigenvalue weighted by Crippen LogP contribution is 2.27. The highest BCUT2D eigenvalue weighted by Gasteiger charge is 2.34. The van der Waals surface area contributed by atoms with Crippen molar-refractivity contribution in [2.75, 3.05) is 13.1 Å². The Morgan fingerprint density at radius 1 is 1.18 bits per heavy atom. The standard InChI is InChI=1S/C23H23F3N4O3/c1-14-12-30(22(32)15-7-8-16-13-29(2)28-19(16)11-15)10-9-18(14)27-21(31)17-5-3-4-6-20(17)33-23(24,25)26/h3-8,11,13-14,18H,9-10,12H2,1-2H3,(H,27,31)/t14-,18+/m0/s1. The monoisotopic (exact) mass is 460 g/mol. The molecule has 0 spiro atoms. The number of likely N-dealkylation sites (tertiary alicyclic amines) is 1. The highest BCUT2D eigenvalue weighted by molar-refractivity contribution is 5.98. The fraction of sp³-hybridized carbons (Fsp3) is 0.348. The topological polar surface area (TPSA) is 76.5 Å². The zero-order chi connectivity index (χ0) is 23.8. The highest BCUT2D eigenvalue weighted by atomic mass is 19.4. The zero-order valence-corrected chi connectivity index (χ0v) is 18.1. The molecule has 0 saturated carbocycles. The molecular weight excluding hydrogens is 437 g/mol. The molecule has 1 aliphatic heterocycles. The maximum absolute atomic E-state index is 13.0. The lowest BCUT2D eigenvalue weighted by Gasteiger charge is -2.37. The second kappa shape index (κ2) is 8.76. The first kappa shape index (κ1) is 22.6. The van der Waals surface area contributed by atoms with E-state index in [9.17, 15) is 22.8 Å². The molecule has 174 valence electrons. The molecule has 1 saturated heterocycles. The largest absolute Gasteiger partial charge is 0.573 e. The minimum atomic E-state index is -4.90. The van der Waals surface area contributed by atoms with Gasteiger partial charge in [0.25, 0.3) is 11.8 Å². The van der Waals surface area contributed by atoms with E-state index in [1.54, 1.807) is 21.7 Å². The van der Waals surface area contributed by atoms with Crippen molar-refractivity contribution in [1.29, 1.82) is 0 Å². The zero-order valence-electron chi connectivity index (χ0n) is 18.1. The summed E-state index contributed by atoms with van der Waals surface area (Å²) in [5.41, 5.74) is 1.08. The van der Waals surface area contributed by atoms with Gasteiger partial charge in [-0.15, -0.1) is 13.2 Å². The number of aromatic nitrogens is 2. The molecule has 1 N–H and O–H groups in total. The van der Waals surface area contributed by atoms with Crippen LogP contribution in [0.1, 0.15) is 34.1 Å². The Morgan fingerprint density at radius 3 is 2.67 bits per heavy atom. The fourth-order valence-electron chi connectivity index (χ4n) is 4.11. The smallest absolute Gasteiger partial charge is 0.405 e. The minimum absolute atomic E-state index is 0.0964. The number of piperidine rings is 1. The SMILES string of the molecule is C[C@H]1CN(C(=O)c2ccc3cn(C)nc3c2)CC[C@H]1NC(=O)c1ccccc1OC(F)(F)F. The van der Waals surface area contributed by atoms with E-state index < -0.39 is 18.0 Å². The minimum Gasteiger partial charge on any atom is -0.405 e. The number of halogens is 3. The third kappa shape index (κ3) is 5.10. The van der Waals surface area contributed by atoms with Gasteiger partial charge in [-0.2, -0.15) is 5.10 Å². The summed E-state index contributed by atoms with van der Waals surface area (Å²) in [5, 5.41) is 8.08. The van der Waals surface area contributed by atoms with Crippen molar-refractivity contribution in [2.24, 2.45) is 13.0 Å². The summed E-state index contributed by atoms with van der Waals surface area (Å²) >= 11 is 0. The molecule has 7 nitrogen and oxygen atoms in total. The quantitative estimate of drug-likeness (QED) is 0.644. The lowest BCUT2D eigenvalue weighted by atomic mass is 9.93. The van der Waals surface area contributed by atoms with Crippen molar-refractivity contribution >= 4 is 22.7 Å². The van der Waals surface area contributed by atoms with Gasteiger partial charge < -0.3 is 15.0 Å². The van der Waals surface area contributed by atoms with Crippen molar-refractivity contribution in [3.05, 3.63) is 59.8 Å². The van der Waals surface area contributed by atoms with Crippen LogP contribution in [-0.2, 0) is 7.05 Å². The number of rotatable bonds is 4. The van der Waals surface area contributed by atoms with E-state index in [0.29, 0.717) is 25.1 Å². The van der Waals surface area contributed by atoms with Gasteiger partial charge in [0.05, 0.1) is 11.1 Å². The molecule has 0 radical (unpaired) electrons. The maximum atomic E-state index is 13.0. The number of nitrogens with one attached hydrogen (secondary N) is 1. The van der Waals surface area contributed by atoms with Crippen molar-refractivity contribution in [3.8, 4) is 5.75 Å². The number of hydrogen-bond donors (Lipinski definition) is 1. The maximum Gasteiger partial charge on any atom is 0.573 e. The molecule has 33 heavy (non-hydrogen) atoms. The van der Waals surface area contributed by atoms with Gasteiger partial charge in [-0.1, -0.05) is 25.1 Å². The number of ether oxygens (including phenoxy) is 1. The summed E-state index contributed by atoms with van der Waals surface area (Å²) in [6.45, 7) is 2.71. The van der Waals surface area contributed by atoms with Crippen LogP contribution in [0, 0.1) is 5.92 Å². The van der Waals surface area contributed by atoms with Gasteiger partial charge in [0.2, 0.25) is 0 Å². The number of aryl methyl sites for hydroxylation is 1. The number of amides is 2. The number of carbonyl (C=O) groups excluding carboxylic acids is 2. The Labute approximate surface area is 188 Å². The molecule has 2 atom stereocenters. The Balaban J connectivity index is 1.41. The van der Waals surface area contributed by atoms with Crippen LogP contribution in [0.3, 0.4) is 0 Å². The first-order chi connectivity index (χ1) is 15.6. The number of hydrogen-bond acceptors (Lipinski definition) is 4. The molecular formula is C23H23F3N4O3. The number of para-hydroxylation sites is 1. The molecule has 4 rings (SSSR count). The average molecular weight is 460 g/mol. The van der Waals surface area contributed by atoms with Crippen molar-refractivity contribution < 1.29 is 27.5 Å². The number of nitrogens with zero attached hydrogens (tertiary/aromatic N) is 3. The number of carbonyl (C=O) groups is 2. The predicted molar refractivity (Wildman–Crippen MR) is 115 cm³/mol. The van der Waals surface area contributed by atoms with E-state index >= 15 is 0 Å². The lowest BCUT2D eigenvalue weighted by molar-refractivity contribution is -0.274. The molecule has 0 unspecified atom stereocenters. The van der Waals surface area contributed by atoms with Gasteiger partial charge in [-0.3, -0.25) is 14.3 Å². The number of alkyl halides is 3. The van der Waals surface area contributed by atoms with E-state index in [-0.39, 0.29) is 23.4 Å². The summed E-state index contributed by atoms with van der Waals surface area (Å²) in [6.07, 6.45) is -2.54. The summed E-state index contributed by atoms with van der Waals surface area (Å²) < 4.78 is 43.6. The van der Waals surface area contributed by atoms with Gasteiger partial charge >= 0.3 is 6.36 Å². The third-order valence-corrected chi connectivity index (χ3v) is 5.74. The van der Waals surface area contributed by atoms with Gasteiger partial charge in [0.1, 0.15) is 5.75 Å². The molecule has 10 heteroatoms. The summed E-state index contributed by atoms with van der Waals surface area (Å²) in [5.74, 6) is -1.41. The average Bonchev–Trinajstić information content (AvgIpc) is 3.13. The van der Waals surface area contributed by atoms with Gasteiger partial charge in [0.15, 0.2) is 0 Å². The molecule has 1 fully saturated rings. The summed E-state index contributed by atoms with van der Waals surface area (Å²) in [7, 11) is 1.82. The van der Waals surface area contributed by atoms with Gasteiger partial charge in [0, 0.05) is 43.3 Å². The van der Waals surface area contributed by atoms with E-state index in [1.807, 2.05) is 26.2 Å².